The minimum absolute atomic E-state index is 0.139. The molecule has 2 aliphatic carbocycles. The maximum Gasteiger partial charge on any atom is 0.119 e. The van der Waals surface area contributed by atoms with Gasteiger partial charge in [-0.3, -0.25) is 0 Å². The van der Waals surface area contributed by atoms with E-state index in [9.17, 15) is 0 Å². The molecule has 0 aliphatic heterocycles. The highest BCUT2D eigenvalue weighted by Crippen LogP contribution is 2.65. The highest BCUT2D eigenvalue weighted by molar-refractivity contribution is 5.99. The number of benzene rings is 12. The molecule has 14 rings (SSSR count). The smallest absolute Gasteiger partial charge is 0.119 e. The van der Waals surface area contributed by atoms with Crippen molar-refractivity contribution in [3.63, 3.8) is 0 Å². The van der Waals surface area contributed by atoms with Crippen LogP contribution in [0.25, 0.3) is 22.3 Å². The molecule has 2 aliphatic rings. The van der Waals surface area contributed by atoms with Crippen molar-refractivity contribution in [1.82, 2.24) is 0 Å². The van der Waals surface area contributed by atoms with Crippen molar-refractivity contribution in [3.05, 3.63) is 317 Å². The molecule has 91 heavy (non-hydrogen) atoms. The zero-order valence-corrected chi connectivity index (χ0v) is 52.3. The van der Waals surface area contributed by atoms with Crippen LogP contribution in [0, 0.1) is 13.8 Å². The standard InChI is InChI=1S/C82H69N3O6/c1-53-9-13-55(14-10-53)81(56-15-33-67(86-3)34-16-56)57-17-45-73-74-46-30-65(84(60-22-37-69(88-5)38-23-60)61-24-39-70(89-6)40-25-61)51-78(74)82(77(73)49-57)79-50-64(83(58-18-11-54(2)12-19-58)59-20-35-68(87-4)36-21-59)31-47-75(79)76-48-32-66(52-80(76)82)85(62-26-41-71(90-7)42-27-62)63-28-43-72(91-8)44-29-63/h9-52,81H,1-8H3. The number of anilines is 9. The van der Waals surface area contributed by atoms with E-state index in [1.165, 1.54) is 22.3 Å². The molecule has 0 saturated carbocycles. The lowest BCUT2D eigenvalue weighted by Gasteiger charge is -2.34. The van der Waals surface area contributed by atoms with Gasteiger partial charge < -0.3 is 43.1 Å². The van der Waals surface area contributed by atoms with Gasteiger partial charge in [-0.25, -0.2) is 0 Å². The first-order chi connectivity index (χ1) is 44.6. The quantitative estimate of drug-likeness (QED) is 0.0782. The molecule has 0 heterocycles. The van der Waals surface area contributed by atoms with E-state index in [1.54, 1.807) is 42.7 Å². The molecule has 0 saturated heterocycles. The Morgan fingerprint density at radius 2 is 0.440 bits per heavy atom. The number of ether oxygens (including phenoxy) is 6. The fourth-order valence-electron chi connectivity index (χ4n) is 13.6. The second-order valence-electron chi connectivity index (χ2n) is 23.2. The molecule has 2 unspecified atom stereocenters. The molecule has 0 aromatic heterocycles. The monoisotopic (exact) mass is 1190 g/mol. The third-order valence-electron chi connectivity index (χ3n) is 18.2. The van der Waals surface area contributed by atoms with Crippen LogP contribution >= 0.6 is 0 Å². The van der Waals surface area contributed by atoms with Crippen LogP contribution in [0.5, 0.6) is 34.5 Å². The molecule has 9 nitrogen and oxygen atoms in total. The van der Waals surface area contributed by atoms with Crippen molar-refractivity contribution in [1.29, 1.82) is 0 Å². The van der Waals surface area contributed by atoms with Crippen LogP contribution < -0.4 is 43.1 Å². The Morgan fingerprint density at radius 3 is 0.725 bits per heavy atom. The second kappa shape index (κ2) is 24.1. The molecule has 0 bridgehead atoms. The van der Waals surface area contributed by atoms with Gasteiger partial charge in [0.05, 0.1) is 48.1 Å². The molecule has 0 N–H and O–H groups in total. The van der Waals surface area contributed by atoms with Crippen LogP contribution in [0.2, 0.25) is 0 Å². The zero-order valence-electron chi connectivity index (χ0n) is 52.3. The van der Waals surface area contributed by atoms with E-state index in [4.69, 9.17) is 28.4 Å². The topological polar surface area (TPSA) is 65.1 Å². The SMILES string of the molecule is COc1ccc(C(c2ccc(C)cc2)c2ccc3c(c2)C2(c4cc(N(c5ccc(OC)cc5)c5ccc(OC)cc5)ccc4-3)c3cc(N(c4ccc(C)cc4)c4ccc(OC)cc4)ccc3-c3ccc(N(c4ccc(OC)cc4)c4ccc(OC)cc4)cc32)cc1. The molecule has 448 valence electrons. The highest BCUT2D eigenvalue weighted by Gasteiger charge is 2.53. The van der Waals surface area contributed by atoms with Gasteiger partial charge in [-0.1, -0.05) is 96.1 Å². The van der Waals surface area contributed by atoms with E-state index in [0.717, 1.165) is 136 Å². The number of hydrogen-bond donors (Lipinski definition) is 0. The zero-order chi connectivity index (χ0) is 62.3. The van der Waals surface area contributed by atoms with E-state index in [1.807, 2.05) is 60.7 Å². The number of aryl methyl sites for hydroxylation is 2. The molecule has 0 fully saturated rings. The molecule has 0 amide bonds. The molecule has 0 radical (unpaired) electrons. The van der Waals surface area contributed by atoms with E-state index >= 15 is 0 Å². The van der Waals surface area contributed by atoms with E-state index in [-0.39, 0.29) is 5.92 Å². The maximum atomic E-state index is 5.77. The van der Waals surface area contributed by atoms with Gasteiger partial charge in [0.15, 0.2) is 0 Å². The van der Waals surface area contributed by atoms with Gasteiger partial charge in [-0.2, -0.15) is 0 Å². The number of rotatable bonds is 18. The average molecular weight is 1190 g/mol. The third-order valence-corrected chi connectivity index (χ3v) is 18.2. The fraction of sp³-hybridized carbons (Fsp3) is 0.122. The number of nitrogens with zero attached hydrogens (tertiary/aromatic N) is 3. The Balaban J connectivity index is 1.10. The lowest BCUT2D eigenvalue weighted by atomic mass is 9.69. The number of hydrogen-bond acceptors (Lipinski definition) is 9. The van der Waals surface area contributed by atoms with Crippen LogP contribution in [-0.4, -0.2) is 42.7 Å². The van der Waals surface area contributed by atoms with Crippen LogP contribution in [0.3, 0.4) is 0 Å². The second-order valence-corrected chi connectivity index (χ2v) is 23.2. The molecule has 12 aromatic carbocycles. The van der Waals surface area contributed by atoms with Crippen molar-refractivity contribution in [2.45, 2.75) is 25.2 Å². The molecular formula is C82H69N3O6. The highest BCUT2D eigenvalue weighted by atomic mass is 16.5. The van der Waals surface area contributed by atoms with E-state index in [2.05, 4.69) is 235 Å². The summed E-state index contributed by atoms with van der Waals surface area (Å²) in [7, 11) is 10.3. The molecule has 12 aromatic rings. The summed E-state index contributed by atoms with van der Waals surface area (Å²) >= 11 is 0. The van der Waals surface area contributed by atoms with Gasteiger partial charge in [-0.05, 0) is 257 Å². The summed E-state index contributed by atoms with van der Waals surface area (Å²) < 4.78 is 34.5. The van der Waals surface area contributed by atoms with Crippen molar-refractivity contribution in [3.8, 4) is 56.8 Å². The Morgan fingerprint density at radius 1 is 0.231 bits per heavy atom. The van der Waals surface area contributed by atoms with Gasteiger partial charge in [0, 0.05) is 57.1 Å². The van der Waals surface area contributed by atoms with Crippen LogP contribution in [0.15, 0.2) is 267 Å². The minimum atomic E-state index is -0.944. The Hall–Kier alpha value is -11.2. The Kier molecular flexibility index (Phi) is 15.2. The molecule has 2 atom stereocenters. The molecule has 1 spiro atoms. The van der Waals surface area contributed by atoms with Gasteiger partial charge in [0.25, 0.3) is 0 Å². The van der Waals surface area contributed by atoms with Crippen molar-refractivity contribution < 1.29 is 28.4 Å². The maximum absolute atomic E-state index is 5.77. The van der Waals surface area contributed by atoms with Crippen molar-refractivity contribution >= 4 is 51.2 Å². The number of fused-ring (bicyclic) bond motifs is 10. The molecule has 9 heteroatoms. The first kappa shape index (κ1) is 57.6. The summed E-state index contributed by atoms with van der Waals surface area (Å²) in [5.41, 5.74) is 23.1. The summed E-state index contributed by atoms with van der Waals surface area (Å²) in [5.74, 6) is 4.54. The first-order valence-electron chi connectivity index (χ1n) is 30.6. The van der Waals surface area contributed by atoms with Crippen molar-refractivity contribution in [2.75, 3.05) is 57.4 Å². The summed E-state index contributed by atoms with van der Waals surface area (Å²) in [6.07, 6.45) is 0. The summed E-state index contributed by atoms with van der Waals surface area (Å²) in [6.45, 7) is 4.29. The van der Waals surface area contributed by atoms with E-state index in [0.29, 0.717) is 0 Å². The van der Waals surface area contributed by atoms with Crippen LogP contribution in [-0.2, 0) is 5.41 Å². The van der Waals surface area contributed by atoms with Crippen LogP contribution in [0.4, 0.5) is 51.2 Å². The largest absolute Gasteiger partial charge is 0.497 e. The van der Waals surface area contributed by atoms with Crippen molar-refractivity contribution in [2.24, 2.45) is 0 Å². The number of methoxy groups -OCH3 is 6. The normalized spacial score (nSPS) is 13.5. The first-order valence-corrected chi connectivity index (χ1v) is 30.6. The van der Waals surface area contributed by atoms with Gasteiger partial charge in [0.2, 0.25) is 0 Å². The lowest BCUT2D eigenvalue weighted by Crippen LogP contribution is -2.27. The van der Waals surface area contributed by atoms with Gasteiger partial charge in [0.1, 0.15) is 34.5 Å². The molecular weight excluding hydrogens is 1120 g/mol. The Labute approximate surface area is 533 Å². The lowest BCUT2D eigenvalue weighted by molar-refractivity contribution is 0.414. The predicted octanol–water partition coefficient (Wildman–Crippen LogP) is 20.3. The summed E-state index contributed by atoms with van der Waals surface area (Å²) in [6, 6.07) is 96.5. The van der Waals surface area contributed by atoms with Crippen LogP contribution in [0.1, 0.15) is 56.0 Å². The minimum Gasteiger partial charge on any atom is -0.497 e. The fourth-order valence-corrected chi connectivity index (χ4v) is 13.6. The summed E-state index contributed by atoms with van der Waals surface area (Å²) in [5, 5.41) is 0. The predicted molar refractivity (Wildman–Crippen MR) is 369 cm³/mol. The van der Waals surface area contributed by atoms with Gasteiger partial charge in [-0.15, -0.1) is 0 Å². The van der Waals surface area contributed by atoms with E-state index < -0.39 is 5.41 Å². The Bertz CT molecular complexity index is 4200. The average Bonchev–Trinajstić information content (AvgIpc) is 1.51. The summed E-state index contributed by atoms with van der Waals surface area (Å²) in [4.78, 5) is 7.03. The van der Waals surface area contributed by atoms with Gasteiger partial charge >= 0.3 is 0 Å². The third kappa shape index (κ3) is 10.3.